The highest BCUT2D eigenvalue weighted by molar-refractivity contribution is 5.30. The lowest BCUT2D eigenvalue weighted by Gasteiger charge is -2.41. The zero-order valence-electron chi connectivity index (χ0n) is 14.2. The van der Waals surface area contributed by atoms with Gasteiger partial charge in [0.2, 0.25) is 6.04 Å². The summed E-state index contributed by atoms with van der Waals surface area (Å²) >= 11 is 0. The molecule has 26 heavy (non-hydrogen) atoms. The van der Waals surface area contributed by atoms with Crippen molar-refractivity contribution in [3.05, 3.63) is 92.0 Å². The molecule has 1 aliphatic rings. The fraction of sp³-hybridized carbons (Fsp3) is 0.368. The average molecular weight is 356 g/mol. The van der Waals surface area contributed by atoms with Gasteiger partial charge in [-0.05, 0) is 11.1 Å². The number of hydrogen-bond acceptors (Lipinski definition) is 5. The molecular weight excluding hydrogens is 336 g/mol. The van der Waals surface area contributed by atoms with E-state index in [0.29, 0.717) is 11.1 Å². The Morgan fingerprint density at radius 2 is 1.19 bits per heavy atom. The predicted molar refractivity (Wildman–Crippen MR) is 95.1 cm³/mol. The Hall–Kier alpha value is -2.80. The second-order valence-electron chi connectivity index (χ2n) is 6.77. The maximum atomic E-state index is 12.0. The second-order valence-corrected chi connectivity index (χ2v) is 6.77. The molecule has 1 N–H and O–H groups in total. The summed E-state index contributed by atoms with van der Waals surface area (Å²) in [6, 6.07) is 14.8. The Morgan fingerprint density at radius 3 is 1.62 bits per heavy atom. The molecule has 0 heterocycles. The van der Waals surface area contributed by atoms with Crippen LogP contribution in [0.4, 0.5) is 0 Å². The largest absolute Gasteiger partial charge is 0.386 e. The van der Waals surface area contributed by atoms with Crippen LogP contribution < -0.4 is 0 Å². The van der Waals surface area contributed by atoms with E-state index in [1.54, 1.807) is 61.5 Å². The summed E-state index contributed by atoms with van der Waals surface area (Å²) in [5, 5.41) is 34.5. The van der Waals surface area contributed by atoms with Crippen LogP contribution in [0.25, 0.3) is 0 Å². The summed E-state index contributed by atoms with van der Waals surface area (Å²) < 4.78 is 0. The molecule has 2 aromatic rings. The molecule has 1 saturated carbocycles. The molecule has 1 fully saturated rings. The number of rotatable bonds is 4. The topological polar surface area (TPSA) is 107 Å². The van der Waals surface area contributed by atoms with Crippen molar-refractivity contribution in [2.24, 2.45) is 5.92 Å². The first kappa shape index (κ1) is 18.0. The van der Waals surface area contributed by atoms with Crippen molar-refractivity contribution in [2.45, 2.75) is 36.9 Å². The molecule has 136 valence electrons. The molecule has 6 atom stereocenters. The Bertz CT molecular complexity index is 783. The van der Waals surface area contributed by atoms with Crippen LogP contribution in [0.3, 0.4) is 0 Å². The molecule has 0 saturated heterocycles. The minimum atomic E-state index is -1.43. The lowest BCUT2D eigenvalue weighted by molar-refractivity contribution is -0.587. The third kappa shape index (κ3) is 3.06. The highest BCUT2D eigenvalue weighted by atomic mass is 16.6. The van der Waals surface area contributed by atoms with Gasteiger partial charge >= 0.3 is 0 Å². The Balaban J connectivity index is 2.19. The van der Waals surface area contributed by atoms with E-state index in [1.807, 2.05) is 6.07 Å². The van der Waals surface area contributed by atoms with E-state index in [0.717, 1.165) is 0 Å². The quantitative estimate of drug-likeness (QED) is 0.669. The molecule has 0 spiro atoms. The van der Waals surface area contributed by atoms with Gasteiger partial charge in [0, 0.05) is 15.8 Å². The molecule has 3 rings (SSSR count). The van der Waals surface area contributed by atoms with E-state index in [1.165, 1.54) is 0 Å². The first-order valence-corrected chi connectivity index (χ1v) is 8.48. The summed E-state index contributed by atoms with van der Waals surface area (Å²) in [6.45, 7) is 1.65. The molecule has 0 bridgehead atoms. The van der Waals surface area contributed by atoms with Crippen molar-refractivity contribution in [1.82, 2.24) is 0 Å². The number of aliphatic hydroxyl groups is 1. The van der Waals surface area contributed by atoms with Crippen molar-refractivity contribution in [3.63, 3.8) is 0 Å². The summed E-state index contributed by atoms with van der Waals surface area (Å²) in [4.78, 5) is 22.8. The van der Waals surface area contributed by atoms with Gasteiger partial charge in [0.15, 0.2) is 0 Å². The van der Waals surface area contributed by atoms with Crippen LogP contribution in [0.15, 0.2) is 60.7 Å². The van der Waals surface area contributed by atoms with Gasteiger partial charge in [0.05, 0.1) is 5.92 Å². The third-order valence-corrected chi connectivity index (χ3v) is 5.41. The normalized spacial score (nSPS) is 31.3. The van der Waals surface area contributed by atoms with Gasteiger partial charge in [-0.3, -0.25) is 20.2 Å². The smallest absolute Gasteiger partial charge is 0.252 e. The first-order chi connectivity index (χ1) is 12.4. The van der Waals surface area contributed by atoms with E-state index in [-0.39, 0.29) is 0 Å². The number of nitro groups is 2. The Kier molecular flexibility index (Phi) is 4.99. The highest BCUT2D eigenvalue weighted by Gasteiger charge is 2.60. The van der Waals surface area contributed by atoms with Gasteiger partial charge in [-0.25, -0.2) is 0 Å². The maximum absolute atomic E-state index is 12.0. The lowest BCUT2D eigenvalue weighted by atomic mass is 9.63. The molecule has 0 amide bonds. The van der Waals surface area contributed by atoms with E-state index >= 15 is 0 Å². The van der Waals surface area contributed by atoms with E-state index in [2.05, 4.69) is 0 Å². The summed E-state index contributed by atoms with van der Waals surface area (Å²) in [6.07, 6.45) is -1.28. The standard InChI is InChI=1S/C19H20N2O5/c1-12-15(13-8-4-2-5-9-13)17(20(23)24)16(14-10-6-3-7-11-14)18(19(12)22)21(25)26/h2-12,15-19,22H,1H3/t12-,15+,16-,17-,18+,19-/m1/s1. The van der Waals surface area contributed by atoms with Gasteiger partial charge in [-0.2, -0.15) is 0 Å². The number of aliphatic hydroxyl groups excluding tert-OH is 1. The van der Waals surface area contributed by atoms with Gasteiger partial charge in [0.25, 0.3) is 6.04 Å². The third-order valence-electron chi connectivity index (χ3n) is 5.41. The SMILES string of the molecule is C[C@H]1[C@@H](O)[C@@H]([N+](=O)[O-])[C@H](c2ccccc2)[C@H]([N+](=O)[O-])[C@@H]1c1ccccc1. The molecule has 0 radical (unpaired) electrons. The molecule has 7 nitrogen and oxygen atoms in total. The van der Waals surface area contributed by atoms with E-state index in [9.17, 15) is 25.3 Å². The molecule has 7 heteroatoms. The van der Waals surface area contributed by atoms with E-state index < -0.39 is 45.8 Å². The van der Waals surface area contributed by atoms with Gasteiger partial charge in [-0.15, -0.1) is 0 Å². The summed E-state index contributed by atoms with van der Waals surface area (Å²) in [5.74, 6) is -2.26. The minimum absolute atomic E-state index is 0.422. The minimum Gasteiger partial charge on any atom is -0.386 e. The molecule has 0 aromatic heterocycles. The van der Waals surface area contributed by atoms with Crippen LogP contribution >= 0.6 is 0 Å². The summed E-state index contributed by atoms with van der Waals surface area (Å²) in [7, 11) is 0. The highest BCUT2D eigenvalue weighted by Crippen LogP contribution is 2.47. The van der Waals surface area contributed by atoms with Gasteiger partial charge in [-0.1, -0.05) is 67.6 Å². The molecular formula is C19H20N2O5. The maximum Gasteiger partial charge on any atom is 0.252 e. The fourth-order valence-electron chi connectivity index (χ4n) is 4.24. The van der Waals surface area contributed by atoms with Crippen molar-refractivity contribution in [1.29, 1.82) is 0 Å². The Labute approximate surface area is 150 Å². The molecule has 0 unspecified atom stereocenters. The van der Waals surface area contributed by atoms with Crippen LogP contribution in [0.5, 0.6) is 0 Å². The van der Waals surface area contributed by atoms with Gasteiger partial charge in [0.1, 0.15) is 12.0 Å². The molecule has 1 aliphatic carbocycles. The fourth-order valence-corrected chi connectivity index (χ4v) is 4.24. The predicted octanol–water partition coefficient (Wildman–Crippen LogP) is 2.86. The van der Waals surface area contributed by atoms with Crippen molar-refractivity contribution < 1.29 is 15.0 Å². The second kappa shape index (κ2) is 7.21. The number of nitrogens with zero attached hydrogens (tertiary/aromatic N) is 2. The zero-order valence-corrected chi connectivity index (χ0v) is 14.2. The molecule has 0 aliphatic heterocycles. The number of benzene rings is 2. The zero-order chi connectivity index (χ0) is 18.8. The van der Waals surface area contributed by atoms with Crippen LogP contribution in [-0.2, 0) is 0 Å². The Morgan fingerprint density at radius 1 is 0.769 bits per heavy atom. The van der Waals surface area contributed by atoms with Crippen molar-refractivity contribution >= 4 is 0 Å². The van der Waals surface area contributed by atoms with Crippen molar-refractivity contribution in [3.8, 4) is 0 Å². The molecule has 2 aromatic carbocycles. The van der Waals surface area contributed by atoms with Gasteiger partial charge < -0.3 is 5.11 Å². The van der Waals surface area contributed by atoms with Crippen LogP contribution in [0.1, 0.15) is 29.9 Å². The van der Waals surface area contributed by atoms with E-state index in [4.69, 9.17) is 0 Å². The summed E-state index contributed by atoms with van der Waals surface area (Å²) in [5.41, 5.74) is 1.21. The first-order valence-electron chi connectivity index (χ1n) is 8.48. The van der Waals surface area contributed by atoms with Crippen LogP contribution in [0, 0.1) is 26.1 Å². The monoisotopic (exact) mass is 356 g/mol. The van der Waals surface area contributed by atoms with Crippen LogP contribution in [-0.4, -0.2) is 33.1 Å². The average Bonchev–Trinajstić information content (AvgIpc) is 2.64. The number of hydrogen-bond donors (Lipinski definition) is 1. The lowest BCUT2D eigenvalue weighted by Crippen LogP contribution is -2.57. The van der Waals surface area contributed by atoms with Crippen LogP contribution in [0.2, 0.25) is 0 Å². The van der Waals surface area contributed by atoms with Crippen molar-refractivity contribution in [2.75, 3.05) is 0 Å².